The second-order valence-electron chi connectivity index (χ2n) is 10.6. The highest BCUT2D eigenvalue weighted by Gasteiger charge is 2.58. The lowest BCUT2D eigenvalue weighted by Gasteiger charge is -2.54. The molecule has 1 aliphatic carbocycles. The molecule has 0 amide bonds. The minimum absolute atomic E-state index is 0.0477. The van der Waals surface area contributed by atoms with Gasteiger partial charge in [-0.1, -0.05) is 0 Å². The largest absolute Gasteiger partial charge is 0.496 e. The van der Waals surface area contributed by atoms with E-state index < -0.39 is 17.2 Å². The highest BCUT2D eigenvalue weighted by atomic mass is 19.3. The van der Waals surface area contributed by atoms with Crippen molar-refractivity contribution in [1.82, 2.24) is 14.9 Å². The van der Waals surface area contributed by atoms with Crippen LogP contribution in [-0.4, -0.2) is 53.8 Å². The molecule has 3 aliphatic rings. The molecule has 1 spiro atoms. The lowest BCUT2D eigenvalue weighted by molar-refractivity contribution is -0.186. The van der Waals surface area contributed by atoms with Gasteiger partial charge in [-0.3, -0.25) is 4.90 Å². The molecule has 1 N–H and O–H groups in total. The zero-order valence-electron chi connectivity index (χ0n) is 20.5. The number of pyridine rings is 1. The Bertz CT molecular complexity index is 1280. The van der Waals surface area contributed by atoms with Crippen molar-refractivity contribution in [2.24, 2.45) is 5.41 Å². The van der Waals surface area contributed by atoms with Gasteiger partial charge in [0.15, 0.2) is 5.82 Å². The Morgan fingerprint density at radius 3 is 2.72 bits per heavy atom. The third-order valence-electron chi connectivity index (χ3n) is 8.06. The van der Waals surface area contributed by atoms with Gasteiger partial charge in [-0.15, -0.1) is 0 Å². The summed E-state index contributed by atoms with van der Waals surface area (Å²) >= 11 is 0. The molecule has 0 bridgehead atoms. The maximum absolute atomic E-state index is 15.0. The first kappa shape index (κ1) is 23.6. The van der Waals surface area contributed by atoms with Gasteiger partial charge in [-0.2, -0.15) is 0 Å². The molecular formula is C27H30F3N3O3. The van der Waals surface area contributed by atoms with Gasteiger partial charge in [-0.05, 0) is 61.1 Å². The van der Waals surface area contributed by atoms with Gasteiger partial charge < -0.3 is 19.2 Å². The predicted molar refractivity (Wildman–Crippen MR) is 128 cm³/mol. The van der Waals surface area contributed by atoms with E-state index in [1.807, 2.05) is 25.3 Å². The molecule has 1 saturated carbocycles. The number of aromatic nitrogens is 2. The number of nitrogens with one attached hydrogen (secondary N) is 1. The Morgan fingerprint density at radius 1 is 1.25 bits per heavy atom. The van der Waals surface area contributed by atoms with E-state index in [0.717, 1.165) is 27.8 Å². The van der Waals surface area contributed by atoms with Crippen molar-refractivity contribution in [3.05, 3.63) is 53.1 Å². The number of nitrogens with zero attached hydrogens (tertiary/aromatic N) is 2. The van der Waals surface area contributed by atoms with E-state index >= 15 is 4.39 Å². The number of hydrogen-bond donors (Lipinski definition) is 1. The van der Waals surface area contributed by atoms with Crippen molar-refractivity contribution >= 4 is 10.9 Å². The van der Waals surface area contributed by atoms with Crippen LogP contribution in [0.3, 0.4) is 0 Å². The fourth-order valence-electron chi connectivity index (χ4n) is 6.20. The Hall–Kier alpha value is -2.78. The molecule has 6 nitrogen and oxygen atoms in total. The zero-order chi connectivity index (χ0) is 25.1. The van der Waals surface area contributed by atoms with Crippen molar-refractivity contribution in [1.29, 1.82) is 0 Å². The lowest BCUT2D eigenvalue weighted by atomic mass is 9.59. The van der Waals surface area contributed by atoms with Gasteiger partial charge in [0, 0.05) is 54.3 Å². The van der Waals surface area contributed by atoms with Crippen LogP contribution in [0.2, 0.25) is 0 Å². The third kappa shape index (κ3) is 4.12. The number of hydrogen-bond acceptors (Lipinski definition) is 5. The van der Waals surface area contributed by atoms with Crippen molar-refractivity contribution in [3.63, 3.8) is 0 Å². The molecule has 1 aromatic carbocycles. The van der Waals surface area contributed by atoms with Crippen LogP contribution in [0.1, 0.15) is 48.4 Å². The second-order valence-corrected chi connectivity index (χ2v) is 10.6. The summed E-state index contributed by atoms with van der Waals surface area (Å²) in [5, 5.41) is 1.07. The van der Waals surface area contributed by atoms with Crippen molar-refractivity contribution in [3.8, 4) is 11.6 Å². The number of ether oxygens (including phenoxy) is 3. The molecule has 192 valence electrons. The van der Waals surface area contributed by atoms with Crippen LogP contribution < -0.4 is 9.47 Å². The molecule has 0 radical (unpaired) electrons. The summed E-state index contributed by atoms with van der Waals surface area (Å²) in [4.78, 5) is 9.81. The number of benzene rings is 1. The fourth-order valence-corrected chi connectivity index (χ4v) is 6.20. The van der Waals surface area contributed by atoms with Crippen LogP contribution in [0.25, 0.3) is 10.9 Å². The van der Waals surface area contributed by atoms with E-state index in [9.17, 15) is 8.78 Å². The highest BCUT2D eigenvalue weighted by Crippen LogP contribution is 2.60. The van der Waals surface area contributed by atoms with Crippen molar-refractivity contribution < 1.29 is 27.4 Å². The van der Waals surface area contributed by atoms with E-state index in [4.69, 9.17) is 14.2 Å². The fraction of sp³-hybridized carbons (Fsp3) is 0.519. The van der Waals surface area contributed by atoms with Gasteiger partial charge in [0.2, 0.25) is 5.92 Å². The summed E-state index contributed by atoms with van der Waals surface area (Å²) in [5.41, 5.74) is 3.40. The number of aromatic amines is 1. The van der Waals surface area contributed by atoms with E-state index in [2.05, 4.69) is 14.9 Å². The first-order valence-electron chi connectivity index (χ1n) is 12.4. The molecule has 2 saturated heterocycles. The molecule has 2 aromatic heterocycles. The topological polar surface area (TPSA) is 59.6 Å². The molecule has 6 rings (SSSR count). The van der Waals surface area contributed by atoms with E-state index in [-0.39, 0.29) is 30.9 Å². The zero-order valence-corrected chi connectivity index (χ0v) is 20.5. The van der Waals surface area contributed by atoms with Crippen LogP contribution in [0.15, 0.2) is 30.6 Å². The van der Waals surface area contributed by atoms with Crippen molar-refractivity contribution in [2.45, 2.75) is 57.2 Å². The Morgan fingerprint density at radius 2 is 2.06 bits per heavy atom. The molecule has 3 fully saturated rings. The van der Waals surface area contributed by atoms with E-state index in [1.54, 1.807) is 13.3 Å². The Kier molecular flexibility index (Phi) is 5.68. The Balaban J connectivity index is 1.33. The van der Waals surface area contributed by atoms with Gasteiger partial charge in [0.1, 0.15) is 11.9 Å². The molecular weight excluding hydrogens is 471 g/mol. The van der Waals surface area contributed by atoms with Gasteiger partial charge in [-0.25, -0.2) is 18.2 Å². The number of piperidine rings is 1. The number of halogens is 3. The summed E-state index contributed by atoms with van der Waals surface area (Å²) in [6.07, 6.45) is 4.34. The molecule has 4 heterocycles. The highest BCUT2D eigenvalue weighted by molar-refractivity contribution is 5.88. The SMILES string of the molecule is COc1cc(C)c2[nH]ccc2c1CN1CCC2(C[C@H]1c1cnc(OC3COC3)c(F)c1)CC(F)(F)C2. The summed E-state index contributed by atoms with van der Waals surface area (Å²) in [6, 6.07) is 5.24. The quantitative estimate of drug-likeness (QED) is 0.480. The third-order valence-corrected chi connectivity index (χ3v) is 8.06. The van der Waals surface area contributed by atoms with Crippen LogP contribution in [-0.2, 0) is 11.3 Å². The molecule has 2 aliphatic heterocycles. The number of alkyl halides is 2. The molecule has 3 aromatic rings. The minimum atomic E-state index is -2.61. The molecule has 1 atom stereocenters. The normalized spacial score (nSPS) is 23.4. The van der Waals surface area contributed by atoms with E-state index in [1.165, 1.54) is 6.07 Å². The van der Waals surface area contributed by atoms with Crippen LogP contribution >= 0.6 is 0 Å². The molecule has 36 heavy (non-hydrogen) atoms. The smallest absolute Gasteiger partial charge is 0.250 e. The van der Waals surface area contributed by atoms with Crippen LogP contribution in [0.4, 0.5) is 13.2 Å². The number of fused-ring (bicyclic) bond motifs is 1. The number of H-pyrrole nitrogens is 1. The van der Waals surface area contributed by atoms with Gasteiger partial charge in [0.25, 0.3) is 5.88 Å². The number of aryl methyl sites for hydroxylation is 1. The standard InChI is InChI=1S/C27H30F3N3O3/c1-16-7-23(34-2)20(19-3-5-31-24(16)19)11-33-6-4-26(14-27(29,30)15-26)9-22(33)17-8-21(28)25(32-10-17)36-18-12-35-13-18/h3,5,7-8,10,18,22,31H,4,6,9,11-15H2,1-2H3/t22-/m0/s1. The minimum Gasteiger partial charge on any atom is -0.496 e. The predicted octanol–water partition coefficient (Wildman–Crippen LogP) is 5.55. The number of rotatable bonds is 6. The number of likely N-dealkylation sites (tertiary alicyclic amines) is 1. The van der Waals surface area contributed by atoms with Crippen molar-refractivity contribution in [2.75, 3.05) is 26.9 Å². The van der Waals surface area contributed by atoms with Gasteiger partial charge >= 0.3 is 0 Å². The first-order chi connectivity index (χ1) is 17.3. The van der Waals surface area contributed by atoms with E-state index in [0.29, 0.717) is 44.7 Å². The lowest BCUT2D eigenvalue weighted by Crippen LogP contribution is -2.53. The maximum atomic E-state index is 15.0. The molecule has 0 unspecified atom stereocenters. The van der Waals surface area contributed by atoms with Crippen LogP contribution in [0, 0.1) is 18.2 Å². The average molecular weight is 502 g/mol. The number of methoxy groups -OCH3 is 1. The summed E-state index contributed by atoms with van der Waals surface area (Å²) in [7, 11) is 1.65. The van der Waals surface area contributed by atoms with Gasteiger partial charge in [0.05, 0.1) is 20.3 Å². The summed E-state index contributed by atoms with van der Waals surface area (Å²) in [6.45, 7) is 4.05. The summed E-state index contributed by atoms with van der Waals surface area (Å²) < 4.78 is 59.4. The second kappa shape index (κ2) is 8.66. The monoisotopic (exact) mass is 501 g/mol. The average Bonchev–Trinajstić information content (AvgIpc) is 3.29. The summed E-state index contributed by atoms with van der Waals surface area (Å²) in [5.74, 6) is -2.42. The Labute approximate surface area is 207 Å². The molecule has 9 heteroatoms. The first-order valence-corrected chi connectivity index (χ1v) is 12.4. The van der Waals surface area contributed by atoms with Crippen LogP contribution in [0.5, 0.6) is 11.6 Å². The maximum Gasteiger partial charge on any atom is 0.250 e.